The number of thiol groups is 1. The van der Waals surface area contributed by atoms with E-state index in [1.807, 2.05) is 6.92 Å². The molecule has 0 saturated carbocycles. The molecule has 0 aromatic heterocycles. The van der Waals surface area contributed by atoms with Crippen LogP contribution < -0.4 is 0 Å². The maximum atomic E-state index is 9.72. The summed E-state index contributed by atoms with van der Waals surface area (Å²) in [7, 11) is 0. The van der Waals surface area contributed by atoms with E-state index in [-0.39, 0.29) is 0 Å². The molecule has 1 aliphatic rings. The summed E-state index contributed by atoms with van der Waals surface area (Å²) in [5.41, 5.74) is -0.433. The second-order valence-electron chi connectivity index (χ2n) is 3.61. The van der Waals surface area contributed by atoms with Gasteiger partial charge < -0.3 is 5.11 Å². The van der Waals surface area contributed by atoms with Crippen molar-refractivity contribution in [1.29, 1.82) is 0 Å². The summed E-state index contributed by atoms with van der Waals surface area (Å²) in [6, 6.07) is 0. The molecule has 1 aliphatic heterocycles. The predicted octanol–water partition coefficient (Wildman–Crippen LogP) is 1.11. The standard InChI is InChI=1S/C8H17NOS/c1-8(10)3-2-5-9(7-11)6-4-8/h10-11H,2-7H2,1H3. The van der Waals surface area contributed by atoms with Crippen molar-refractivity contribution in [1.82, 2.24) is 4.90 Å². The lowest BCUT2D eigenvalue weighted by Crippen LogP contribution is -2.27. The summed E-state index contributed by atoms with van der Waals surface area (Å²) < 4.78 is 0. The molecule has 1 fully saturated rings. The topological polar surface area (TPSA) is 23.5 Å². The highest BCUT2D eigenvalue weighted by atomic mass is 32.1. The number of aliphatic hydroxyl groups is 1. The summed E-state index contributed by atoms with van der Waals surface area (Å²) in [5, 5.41) is 9.72. The molecule has 1 atom stereocenters. The van der Waals surface area contributed by atoms with Crippen molar-refractivity contribution in [3.63, 3.8) is 0 Å². The van der Waals surface area contributed by atoms with Crippen LogP contribution in [0, 0.1) is 0 Å². The second kappa shape index (κ2) is 3.78. The Hall–Kier alpha value is 0.270. The molecule has 1 rings (SSSR count). The Morgan fingerprint density at radius 2 is 2.18 bits per heavy atom. The maximum absolute atomic E-state index is 9.72. The predicted molar refractivity (Wildman–Crippen MR) is 49.9 cm³/mol. The second-order valence-corrected chi connectivity index (χ2v) is 3.89. The third-order valence-corrected chi connectivity index (χ3v) is 2.76. The molecule has 0 radical (unpaired) electrons. The largest absolute Gasteiger partial charge is 0.390 e. The van der Waals surface area contributed by atoms with Crippen molar-refractivity contribution >= 4 is 12.6 Å². The normalized spacial score (nSPS) is 35.2. The van der Waals surface area contributed by atoms with Gasteiger partial charge in [0.2, 0.25) is 0 Å². The molecule has 2 nitrogen and oxygen atoms in total. The molecule has 0 amide bonds. The van der Waals surface area contributed by atoms with E-state index in [0.29, 0.717) is 0 Å². The number of likely N-dealkylation sites (tertiary alicyclic amines) is 1. The molecule has 0 aliphatic carbocycles. The molecule has 1 unspecified atom stereocenters. The van der Waals surface area contributed by atoms with Gasteiger partial charge >= 0.3 is 0 Å². The first kappa shape index (κ1) is 9.36. The van der Waals surface area contributed by atoms with Gasteiger partial charge in [0.1, 0.15) is 0 Å². The van der Waals surface area contributed by atoms with Crippen molar-refractivity contribution in [3.05, 3.63) is 0 Å². The summed E-state index contributed by atoms with van der Waals surface area (Å²) >= 11 is 4.21. The van der Waals surface area contributed by atoms with Crippen molar-refractivity contribution < 1.29 is 5.11 Å². The van der Waals surface area contributed by atoms with Crippen LogP contribution in [-0.4, -0.2) is 34.6 Å². The Kier molecular flexibility index (Phi) is 3.22. The van der Waals surface area contributed by atoms with Crippen LogP contribution in [0.15, 0.2) is 0 Å². The van der Waals surface area contributed by atoms with Crippen molar-refractivity contribution in [2.75, 3.05) is 19.0 Å². The molecule has 1 heterocycles. The van der Waals surface area contributed by atoms with Gasteiger partial charge in [-0.1, -0.05) is 0 Å². The third kappa shape index (κ3) is 3.01. The highest BCUT2D eigenvalue weighted by Gasteiger charge is 2.23. The van der Waals surface area contributed by atoms with Crippen LogP contribution in [0.3, 0.4) is 0 Å². The van der Waals surface area contributed by atoms with Gasteiger partial charge in [-0.15, -0.1) is 0 Å². The van der Waals surface area contributed by atoms with Gasteiger partial charge in [0.05, 0.1) is 5.60 Å². The summed E-state index contributed by atoms with van der Waals surface area (Å²) in [5.74, 6) is 0.816. The first-order chi connectivity index (χ1) is 5.14. The highest BCUT2D eigenvalue weighted by Crippen LogP contribution is 2.21. The first-order valence-electron chi connectivity index (χ1n) is 4.20. The van der Waals surface area contributed by atoms with Crippen LogP contribution in [0.4, 0.5) is 0 Å². The fourth-order valence-electron chi connectivity index (χ4n) is 1.46. The Morgan fingerprint density at radius 3 is 2.82 bits per heavy atom. The monoisotopic (exact) mass is 175 g/mol. The number of hydrogen-bond donors (Lipinski definition) is 2. The average Bonchev–Trinajstić information content (AvgIpc) is 2.10. The fraction of sp³-hybridized carbons (Fsp3) is 1.00. The van der Waals surface area contributed by atoms with E-state index < -0.39 is 5.60 Å². The van der Waals surface area contributed by atoms with Crippen LogP contribution in [-0.2, 0) is 0 Å². The van der Waals surface area contributed by atoms with E-state index in [1.54, 1.807) is 0 Å². The number of hydrogen-bond acceptors (Lipinski definition) is 3. The van der Waals surface area contributed by atoms with Gasteiger partial charge in [0.15, 0.2) is 0 Å². The van der Waals surface area contributed by atoms with E-state index in [2.05, 4.69) is 17.5 Å². The zero-order valence-electron chi connectivity index (χ0n) is 7.08. The molecule has 1 N–H and O–H groups in total. The van der Waals surface area contributed by atoms with Crippen LogP contribution in [0.25, 0.3) is 0 Å². The van der Waals surface area contributed by atoms with Crippen molar-refractivity contribution in [3.8, 4) is 0 Å². The van der Waals surface area contributed by atoms with Crippen molar-refractivity contribution in [2.45, 2.75) is 31.8 Å². The van der Waals surface area contributed by atoms with E-state index in [4.69, 9.17) is 0 Å². The van der Waals surface area contributed by atoms with Crippen LogP contribution in [0.2, 0.25) is 0 Å². The molecule has 3 heteroatoms. The summed E-state index contributed by atoms with van der Waals surface area (Å²) in [4.78, 5) is 2.27. The maximum Gasteiger partial charge on any atom is 0.0632 e. The fourth-order valence-corrected chi connectivity index (χ4v) is 1.74. The first-order valence-corrected chi connectivity index (χ1v) is 4.83. The van der Waals surface area contributed by atoms with Crippen LogP contribution >= 0.6 is 12.6 Å². The van der Waals surface area contributed by atoms with E-state index in [9.17, 15) is 5.11 Å². The quantitative estimate of drug-likeness (QED) is 0.583. The van der Waals surface area contributed by atoms with Gasteiger partial charge in [0, 0.05) is 12.4 Å². The van der Waals surface area contributed by atoms with Crippen LogP contribution in [0.5, 0.6) is 0 Å². The lowest BCUT2D eigenvalue weighted by molar-refractivity contribution is 0.0452. The molecule has 1 saturated heterocycles. The lowest BCUT2D eigenvalue weighted by Gasteiger charge is -2.20. The van der Waals surface area contributed by atoms with Crippen molar-refractivity contribution in [2.24, 2.45) is 0 Å². The molecule has 66 valence electrons. The zero-order valence-corrected chi connectivity index (χ0v) is 7.98. The SMILES string of the molecule is CC1(O)CCCN(CS)CC1. The zero-order chi connectivity index (χ0) is 8.32. The van der Waals surface area contributed by atoms with E-state index in [0.717, 1.165) is 38.2 Å². The molecule has 0 spiro atoms. The molecule has 0 aromatic rings. The van der Waals surface area contributed by atoms with E-state index >= 15 is 0 Å². The average molecular weight is 175 g/mol. The van der Waals surface area contributed by atoms with Crippen LogP contribution in [0.1, 0.15) is 26.2 Å². The molecule has 0 bridgehead atoms. The smallest absolute Gasteiger partial charge is 0.0632 e. The Balaban J connectivity index is 2.39. The third-order valence-electron chi connectivity index (χ3n) is 2.36. The van der Waals surface area contributed by atoms with Gasteiger partial charge in [-0.25, -0.2) is 0 Å². The minimum atomic E-state index is -0.433. The minimum absolute atomic E-state index is 0.433. The summed E-state index contributed by atoms with van der Waals surface area (Å²) in [6.45, 7) is 3.99. The minimum Gasteiger partial charge on any atom is -0.390 e. The Bertz CT molecular complexity index is 127. The Labute approximate surface area is 74.0 Å². The molecule has 0 aromatic carbocycles. The lowest BCUT2D eigenvalue weighted by atomic mass is 9.98. The highest BCUT2D eigenvalue weighted by molar-refractivity contribution is 7.80. The number of rotatable bonds is 1. The van der Waals surface area contributed by atoms with E-state index in [1.165, 1.54) is 0 Å². The summed E-state index contributed by atoms with van der Waals surface area (Å²) in [6.07, 6.45) is 2.90. The molecule has 11 heavy (non-hydrogen) atoms. The Morgan fingerprint density at radius 1 is 1.45 bits per heavy atom. The van der Waals surface area contributed by atoms with Gasteiger partial charge in [-0.2, -0.15) is 12.6 Å². The van der Waals surface area contributed by atoms with Gasteiger partial charge in [-0.3, -0.25) is 4.90 Å². The van der Waals surface area contributed by atoms with Gasteiger partial charge in [-0.05, 0) is 32.7 Å². The molecular formula is C8H17NOS. The molecular weight excluding hydrogens is 158 g/mol. The van der Waals surface area contributed by atoms with Gasteiger partial charge in [0.25, 0.3) is 0 Å². The number of nitrogens with zero attached hydrogens (tertiary/aromatic N) is 1.